The highest BCUT2D eigenvalue weighted by Crippen LogP contribution is 2.36. The lowest BCUT2D eigenvalue weighted by Crippen LogP contribution is -2.38. The van der Waals surface area contributed by atoms with E-state index in [0.29, 0.717) is 5.71 Å². The first-order valence-electron chi connectivity index (χ1n) is 10.4. The van der Waals surface area contributed by atoms with Crippen molar-refractivity contribution in [2.24, 2.45) is 0 Å². The highest BCUT2D eigenvalue weighted by molar-refractivity contribution is 6.90. The maximum atomic E-state index is 6.39. The molecule has 0 amide bonds. The average molecular weight is 403 g/mol. The molecule has 0 saturated carbocycles. The number of nitrogens with zero attached hydrogens (tertiary/aromatic N) is 2. The molecule has 150 valence electrons. The lowest BCUT2D eigenvalue weighted by Gasteiger charge is -2.20. The smallest absolute Gasteiger partial charge is 0.227 e. The summed E-state index contributed by atoms with van der Waals surface area (Å²) in [7, 11) is -1.59. The Bertz CT molecular complexity index is 1210. The Labute approximate surface area is 174 Å². The van der Waals surface area contributed by atoms with E-state index in [-0.39, 0.29) is 5.41 Å². The second kappa shape index (κ2) is 6.80. The third-order valence-electron chi connectivity index (χ3n) is 5.66. The molecule has 3 aromatic heterocycles. The zero-order valence-corrected chi connectivity index (χ0v) is 19.6. The molecule has 0 aliphatic rings. The lowest BCUT2D eigenvalue weighted by atomic mass is 9.88. The van der Waals surface area contributed by atoms with E-state index >= 15 is 0 Å². The number of benzene rings is 1. The molecule has 3 heterocycles. The van der Waals surface area contributed by atoms with Crippen LogP contribution < -0.4 is 5.19 Å². The number of aryl methyl sites for hydroxylation is 1. The minimum Gasteiger partial charge on any atom is -0.437 e. The maximum Gasteiger partial charge on any atom is 0.227 e. The van der Waals surface area contributed by atoms with Gasteiger partial charge in [-0.05, 0) is 52.4 Å². The zero-order chi connectivity index (χ0) is 21.0. The standard InChI is InChI=1S/C25H30N2OSi/c1-8-16-11-12-26-20(13-16)18-9-10-21(29(5,6)7)22-19-14-17(25(2,3)4)15-27-24(19)28-23(18)22/h9-15H,8H2,1-7H3. The minimum absolute atomic E-state index is 0.0404. The average Bonchev–Trinajstić information content (AvgIpc) is 3.04. The van der Waals surface area contributed by atoms with Crippen LogP contribution in [0.1, 0.15) is 38.8 Å². The lowest BCUT2D eigenvalue weighted by molar-refractivity contribution is 0.586. The first kappa shape index (κ1) is 19.8. The summed E-state index contributed by atoms with van der Waals surface area (Å²) < 4.78 is 6.39. The molecule has 0 unspecified atom stereocenters. The van der Waals surface area contributed by atoms with Crippen molar-refractivity contribution < 1.29 is 4.42 Å². The van der Waals surface area contributed by atoms with Crippen LogP contribution in [0.5, 0.6) is 0 Å². The van der Waals surface area contributed by atoms with Crippen LogP contribution >= 0.6 is 0 Å². The molecule has 1 aromatic carbocycles. The van der Waals surface area contributed by atoms with Crippen molar-refractivity contribution >= 4 is 35.3 Å². The predicted octanol–water partition coefficient (Wildman–Crippen LogP) is 6.45. The van der Waals surface area contributed by atoms with Crippen LogP contribution in [-0.4, -0.2) is 18.0 Å². The predicted molar refractivity (Wildman–Crippen MR) is 126 cm³/mol. The fraction of sp³-hybridized carbons (Fsp3) is 0.360. The Morgan fingerprint density at radius 3 is 2.41 bits per heavy atom. The molecule has 0 bridgehead atoms. The van der Waals surface area contributed by atoms with E-state index in [0.717, 1.165) is 28.6 Å². The van der Waals surface area contributed by atoms with Gasteiger partial charge in [0.25, 0.3) is 0 Å². The molecule has 4 aromatic rings. The van der Waals surface area contributed by atoms with Crippen LogP contribution in [0.2, 0.25) is 19.6 Å². The van der Waals surface area contributed by atoms with Crippen LogP contribution in [0.25, 0.3) is 33.3 Å². The van der Waals surface area contributed by atoms with E-state index < -0.39 is 8.07 Å². The summed E-state index contributed by atoms with van der Waals surface area (Å²) in [5, 5.41) is 3.76. The van der Waals surface area contributed by atoms with Gasteiger partial charge < -0.3 is 4.42 Å². The van der Waals surface area contributed by atoms with E-state index in [2.05, 4.69) is 82.7 Å². The number of fused-ring (bicyclic) bond motifs is 3. The summed E-state index contributed by atoms with van der Waals surface area (Å²) in [4.78, 5) is 9.36. The van der Waals surface area contributed by atoms with Gasteiger partial charge in [-0.2, -0.15) is 0 Å². The van der Waals surface area contributed by atoms with Crippen molar-refractivity contribution in [3.63, 3.8) is 0 Å². The highest BCUT2D eigenvalue weighted by Gasteiger charge is 2.26. The van der Waals surface area contributed by atoms with Crippen LogP contribution in [0.4, 0.5) is 0 Å². The molecule has 0 N–H and O–H groups in total. The molecule has 4 heteroatoms. The topological polar surface area (TPSA) is 38.9 Å². The van der Waals surface area contributed by atoms with Gasteiger partial charge in [-0.1, -0.05) is 53.4 Å². The highest BCUT2D eigenvalue weighted by atomic mass is 28.3. The van der Waals surface area contributed by atoms with Crippen LogP contribution in [0.3, 0.4) is 0 Å². The first-order chi connectivity index (χ1) is 13.6. The fourth-order valence-electron chi connectivity index (χ4n) is 3.84. The van der Waals surface area contributed by atoms with Crippen molar-refractivity contribution in [2.75, 3.05) is 0 Å². The molecule has 0 spiro atoms. The molecule has 0 radical (unpaired) electrons. The van der Waals surface area contributed by atoms with E-state index in [9.17, 15) is 0 Å². The van der Waals surface area contributed by atoms with Gasteiger partial charge in [0.15, 0.2) is 0 Å². The SMILES string of the molecule is CCc1ccnc(-c2ccc([Si](C)(C)C)c3c2oc2ncc(C(C)(C)C)cc23)c1. The van der Waals surface area contributed by atoms with Crippen molar-refractivity contribution in [3.05, 3.63) is 53.9 Å². The molecule has 4 rings (SSSR count). The summed E-state index contributed by atoms with van der Waals surface area (Å²) in [5.74, 6) is 0. The molecule has 29 heavy (non-hydrogen) atoms. The molecule has 3 nitrogen and oxygen atoms in total. The normalized spacial score (nSPS) is 12.8. The second-order valence-corrected chi connectivity index (χ2v) is 15.0. The number of hydrogen-bond donors (Lipinski definition) is 0. The van der Waals surface area contributed by atoms with E-state index in [1.807, 2.05) is 12.4 Å². The van der Waals surface area contributed by atoms with Crippen LogP contribution in [0.15, 0.2) is 47.1 Å². The van der Waals surface area contributed by atoms with Gasteiger partial charge >= 0.3 is 0 Å². The van der Waals surface area contributed by atoms with Gasteiger partial charge in [-0.3, -0.25) is 4.98 Å². The van der Waals surface area contributed by atoms with Gasteiger partial charge in [-0.15, -0.1) is 0 Å². The molecule has 0 saturated heterocycles. The van der Waals surface area contributed by atoms with Gasteiger partial charge in [0, 0.05) is 28.7 Å². The summed E-state index contributed by atoms with van der Waals surface area (Å²) in [6, 6.07) is 11.0. The van der Waals surface area contributed by atoms with Crippen LogP contribution in [0, 0.1) is 0 Å². The summed E-state index contributed by atoms with van der Waals surface area (Å²) in [5.41, 5.74) is 6.19. The molecule has 0 aliphatic heterocycles. The Hall–Kier alpha value is -2.46. The Morgan fingerprint density at radius 1 is 1.00 bits per heavy atom. The fourth-order valence-corrected chi connectivity index (χ4v) is 5.43. The Kier molecular flexibility index (Phi) is 4.65. The quantitative estimate of drug-likeness (QED) is 0.370. The number of hydrogen-bond acceptors (Lipinski definition) is 3. The summed E-state index contributed by atoms with van der Waals surface area (Å²) in [6.45, 7) is 16.0. The molecule has 0 fully saturated rings. The van der Waals surface area contributed by atoms with Crippen molar-refractivity contribution in [2.45, 2.75) is 59.2 Å². The molecule has 0 aliphatic carbocycles. The van der Waals surface area contributed by atoms with Gasteiger partial charge in [-0.25, -0.2) is 4.98 Å². The Morgan fingerprint density at radius 2 is 1.76 bits per heavy atom. The second-order valence-electron chi connectivity index (χ2n) is 9.95. The van der Waals surface area contributed by atoms with Gasteiger partial charge in [0.05, 0.1) is 13.8 Å². The van der Waals surface area contributed by atoms with E-state index in [4.69, 9.17) is 9.40 Å². The van der Waals surface area contributed by atoms with Crippen molar-refractivity contribution in [1.82, 2.24) is 9.97 Å². The Balaban J connectivity index is 2.10. The third kappa shape index (κ3) is 3.50. The number of aromatic nitrogens is 2. The van der Waals surface area contributed by atoms with Crippen molar-refractivity contribution in [1.29, 1.82) is 0 Å². The number of furan rings is 1. The molecule has 0 atom stereocenters. The maximum absolute atomic E-state index is 6.39. The van der Waals surface area contributed by atoms with E-state index in [1.54, 1.807) is 0 Å². The largest absolute Gasteiger partial charge is 0.437 e. The monoisotopic (exact) mass is 402 g/mol. The van der Waals surface area contributed by atoms with Crippen LogP contribution in [-0.2, 0) is 11.8 Å². The van der Waals surface area contributed by atoms with E-state index in [1.165, 1.54) is 21.7 Å². The molecular weight excluding hydrogens is 372 g/mol. The molecular formula is C25H30N2OSi. The van der Waals surface area contributed by atoms with Gasteiger partial charge in [0.1, 0.15) is 5.58 Å². The zero-order valence-electron chi connectivity index (χ0n) is 18.6. The summed E-state index contributed by atoms with van der Waals surface area (Å²) >= 11 is 0. The first-order valence-corrected chi connectivity index (χ1v) is 13.9. The third-order valence-corrected chi connectivity index (χ3v) is 7.69. The number of rotatable bonds is 3. The number of pyridine rings is 2. The van der Waals surface area contributed by atoms with Crippen molar-refractivity contribution in [3.8, 4) is 11.3 Å². The van der Waals surface area contributed by atoms with Gasteiger partial charge in [0.2, 0.25) is 5.71 Å². The minimum atomic E-state index is -1.59. The summed E-state index contributed by atoms with van der Waals surface area (Å²) in [6.07, 6.45) is 4.84.